The van der Waals surface area contributed by atoms with Crippen molar-refractivity contribution in [3.63, 3.8) is 0 Å². The Bertz CT molecular complexity index is 890. The molecule has 1 atom stereocenters. The monoisotopic (exact) mass is 430 g/mol. The van der Waals surface area contributed by atoms with Crippen LogP contribution in [0.15, 0.2) is 42.5 Å². The first-order valence-electron chi connectivity index (χ1n) is 10.5. The topological polar surface area (TPSA) is 32.3 Å². The standard InChI is InChI=1S/C24H28Cl2N2O/c1-27-16-18(17-6-7-21(25)22(26)14-17)8-11-28-12-9-24(10-13-28)15-23(29)19-4-2-3-5-20(19)24/h2-7,14,18,27H,8-13,15-16H2,1H3. The summed E-state index contributed by atoms with van der Waals surface area (Å²) in [5, 5.41) is 4.53. The van der Waals surface area contributed by atoms with E-state index in [2.05, 4.69) is 28.4 Å². The van der Waals surface area contributed by atoms with Gasteiger partial charge in [0.1, 0.15) is 0 Å². The number of carbonyl (C=O) groups excluding carboxylic acids is 1. The minimum absolute atomic E-state index is 0.0677. The van der Waals surface area contributed by atoms with Gasteiger partial charge in [0.2, 0.25) is 0 Å². The van der Waals surface area contributed by atoms with E-state index in [0.717, 1.165) is 51.0 Å². The Balaban J connectivity index is 1.38. The Hall–Kier alpha value is -1.39. The van der Waals surface area contributed by atoms with Crippen molar-refractivity contribution >= 4 is 29.0 Å². The van der Waals surface area contributed by atoms with E-state index in [1.165, 1.54) is 11.1 Å². The van der Waals surface area contributed by atoms with Crippen LogP contribution in [-0.2, 0) is 5.41 Å². The predicted octanol–water partition coefficient (Wildman–Crippen LogP) is 5.31. The SMILES string of the molecule is CNCC(CCN1CCC2(CC1)CC(=O)c1ccccc12)c1ccc(Cl)c(Cl)c1. The van der Waals surface area contributed by atoms with Gasteiger partial charge in [-0.15, -0.1) is 0 Å². The fourth-order valence-electron chi connectivity index (χ4n) is 5.08. The minimum atomic E-state index is 0.0677. The molecule has 3 nitrogen and oxygen atoms in total. The summed E-state index contributed by atoms with van der Waals surface area (Å²) in [5.41, 5.74) is 3.54. The van der Waals surface area contributed by atoms with E-state index >= 15 is 0 Å². The van der Waals surface area contributed by atoms with Gasteiger partial charge in [0, 0.05) is 23.9 Å². The van der Waals surface area contributed by atoms with Crippen LogP contribution in [0.2, 0.25) is 10.0 Å². The number of likely N-dealkylation sites (tertiary alicyclic amines) is 1. The van der Waals surface area contributed by atoms with Crippen molar-refractivity contribution in [2.24, 2.45) is 0 Å². The summed E-state index contributed by atoms with van der Waals surface area (Å²) >= 11 is 12.3. The highest BCUT2D eigenvalue weighted by molar-refractivity contribution is 6.42. The minimum Gasteiger partial charge on any atom is -0.319 e. The van der Waals surface area contributed by atoms with Crippen molar-refractivity contribution in [2.45, 2.75) is 37.0 Å². The molecule has 1 unspecified atom stereocenters. The normalized spacial score (nSPS) is 19.5. The number of Topliss-reactive ketones (excluding diaryl/α,β-unsaturated/α-hetero) is 1. The molecule has 2 aromatic rings. The van der Waals surface area contributed by atoms with Crippen LogP contribution >= 0.6 is 23.2 Å². The largest absolute Gasteiger partial charge is 0.319 e. The lowest BCUT2D eigenvalue weighted by Gasteiger charge is -2.40. The van der Waals surface area contributed by atoms with Gasteiger partial charge in [-0.25, -0.2) is 0 Å². The Kier molecular flexibility index (Phi) is 6.31. The molecule has 1 fully saturated rings. The third-order valence-electron chi connectivity index (χ3n) is 6.77. The van der Waals surface area contributed by atoms with E-state index in [1.807, 2.05) is 31.3 Å². The second-order valence-corrected chi connectivity index (χ2v) is 9.30. The van der Waals surface area contributed by atoms with Gasteiger partial charge in [0.15, 0.2) is 5.78 Å². The zero-order valence-corrected chi connectivity index (χ0v) is 18.4. The number of nitrogens with zero attached hydrogens (tertiary/aromatic N) is 1. The number of likely N-dealkylation sites (N-methyl/N-ethyl adjacent to an activating group) is 1. The van der Waals surface area contributed by atoms with Crippen molar-refractivity contribution in [3.8, 4) is 0 Å². The Morgan fingerprint density at radius 3 is 2.59 bits per heavy atom. The van der Waals surface area contributed by atoms with Crippen LogP contribution in [0.5, 0.6) is 0 Å². The zero-order chi connectivity index (χ0) is 20.4. The number of ketones is 1. The first-order valence-corrected chi connectivity index (χ1v) is 11.2. The Morgan fingerprint density at radius 2 is 1.86 bits per heavy atom. The third kappa shape index (κ3) is 4.25. The molecular weight excluding hydrogens is 403 g/mol. The van der Waals surface area contributed by atoms with E-state index in [9.17, 15) is 4.79 Å². The molecule has 0 radical (unpaired) electrons. The lowest BCUT2D eigenvalue weighted by Crippen LogP contribution is -2.42. The van der Waals surface area contributed by atoms with Crippen LogP contribution in [-0.4, -0.2) is 43.9 Å². The molecule has 1 aliphatic heterocycles. The molecule has 2 aromatic carbocycles. The van der Waals surface area contributed by atoms with E-state index in [0.29, 0.717) is 28.2 Å². The van der Waals surface area contributed by atoms with Crippen LogP contribution in [0.1, 0.15) is 53.1 Å². The highest BCUT2D eigenvalue weighted by Gasteiger charge is 2.44. The van der Waals surface area contributed by atoms with Gasteiger partial charge >= 0.3 is 0 Å². The first-order chi connectivity index (χ1) is 14.0. The molecule has 1 N–H and O–H groups in total. The highest BCUT2D eigenvalue weighted by Crippen LogP contribution is 2.46. The average Bonchev–Trinajstić information content (AvgIpc) is 3.00. The van der Waals surface area contributed by atoms with Crippen molar-refractivity contribution in [1.82, 2.24) is 10.2 Å². The molecule has 154 valence electrons. The second-order valence-electron chi connectivity index (χ2n) is 8.48. The van der Waals surface area contributed by atoms with Crippen LogP contribution in [0.4, 0.5) is 0 Å². The van der Waals surface area contributed by atoms with E-state index < -0.39 is 0 Å². The number of halogens is 2. The van der Waals surface area contributed by atoms with Gasteiger partial charge < -0.3 is 10.2 Å². The molecule has 4 rings (SSSR count). The summed E-state index contributed by atoms with van der Waals surface area (Å²) < 4.78 is 0. The number of carbonyl (C=O) groups is 1. The number of nitrogens with one attached hydrogen (secondary N) is 1. The van der Waals surface area contributed by atoms with Crippen molar-refractivity contribution in [3.05, 3.63) is 69.2 Å². The summed E-state index contributed by atoms with van der Waals surface area (Å²) in [5.74, 6) is 0.724. The maximum atomic E-state index is 12.5. The molecule has 5 heteroatoms. The van der Waals surface area contributed by atoms with Gasteiger partial charge in [0.05, 0.1) is 10.0 Å². The molecular formula is C24H28Cl2N2O. The zero-order valence-electron chi connectivity index (χ0n) is 16.9. The summed E-state index contributed by atoms with van der Waals surface area (Å²) in [7, 11) is 1.99. The number of rotatable bonds is 6. The molecule has 0 amide bonds. The first kappa shape index (κ1) is 20.9. The van der Waals surface area contributed by atoms with Crippen LogP contribution in [0, 0.1) is 0 Å². The lowest BCUT2D eigenvalue weighted by atomic mass is 9.73. The number of benzene rings is 2. The maximum Gasteiger partial charge on any atom is 0.164 e. The molecule has 1 saturated heterocycles. The third-order valence-corrected chi connectivity index (χ3v) is 7.51. The number of hydrogen-bond acceptors (Lipinski definition) is 3. The van der Waals surface area contributed by atoms with Crippen LogP contribution < -0.4 is 5.32 Å². The molecule has 1 heterocycles. The predicted molar refractivity (Wildman–Crippen MR) is 120 cm³/mol. The fraction of sp³-hybridized carbons (Fsp3) is 0.458. The molecule has 1 spiro atoms. The number of fused-ring (bicyclic) bond motifs is 2. The van der Waals surface area contributed by atoms with Crippen molar-refractivity contribution in [1.29, 1.82) is 0 Å². The summed E-state index contributed by atoms with van der Waals surface area (Å²) in [6.45, 7) is 4.07. The summed E-state index contributed by atoms with van der Waals surface area (Å²) in [6.07, 6.45) is 3.89. The molecule has 1 aliphatic carbocycles. The smallest absolute Gasteiger partial charge is 0.164 e. The summed E-state index contributed by atoms with van der Waals surface area (Å²) in [6, 6.07) is 14.2. The van der Waals surface area contributed by atoms with Crippen LogP contribution in [0.3, 0.4) is 0 Å². The number of piperidine rings is 1. The van der Waals surface area contributed by atoms with Crippen molar-refractivity contribution in [2.75, 3.05) is 33.2 Å². The summed E-state index contributed by atoms with van der Waals surface area (Å²) in [4.78, 5) is 15.0. The molecule has 0 bridgehead atoms. The Labute approximate surface area is 183 Å². The quantitative estimate of drug-likeness (QED) is 0.673. The average molecular weight is 431 g/mol. The van der Waals surface area contributed by atoms with Gasteiger partial charge in [0.25, 0.3) is 0 Å². The lowest BCUT2D eigenvalue weighted by molar-refractivity contribution is 0.0933. The van der Waals surface area contributed by atoms with Gasteiger partial charge in [-0.2, -0.15) is 0 Å². The highest BCUT2D eigenvalue weighted by atomic mass is 35.5. The van der Waals surface area contributed by atoms with Gasteiger partial charge in [-0.1, -0.05) is 53.5 Å². The van der Waals surface area contributed by atoms with Crippen LogP contribution in [0.25, 0.3) is 0 Å². The second kappa shape index (κ2) is 8.77. The molecule has 0 aromatic heterocycles. The van der Waals surface area contributed by atoms with Gasteiger partial charge in [-0.3, -0.25) is 4.79 Å². The van der Waals surface area contributed by atoms with E-state index in [1.54, 1.807) is 0 Å². The number of hydrogen-bond donors (Lipinski definition) is 1. The molecule has 2 aliphatic rings. The fourth-order valence-corrected chi connectivity index (χ4v) is 5.38. The van der Waals surface area contributed by atoms with E-state index in [-0.39, 0.29) is 5.41 Å². The molecule has 29 heavy (non-hydrogen) atoms. The maximum absolute atomic E-state index is 12.5. The van der Waals surface area contributed by atoms with Crippen molar-refractivity contribution < 1.29 is 4.79 Å². The van der Waals surface area contributed by atoms with E-state index in [4.69, 9.17) is 23.2 Å². The molecule has 0 saturated carbocycles. The Morgan fingerprint density at radius 1 is 1.10 bits per heavy atom. The van der Waals surface area contributed by atoms with Gasteiger partial charge in [-0.05, 0) is 75.1 Å².